The third kappa shape index (κ3) is 4.28. The molecule has 1 atom stereocenters. The third-order valence-electron chi connectivity index (χ3n) is 6.30. The van der Waals surface area contributed by atoms with Gasteiger partial charge in [0.15, 0.2) is 0 Å². The number of piperidine rings is 1. The number of anilines is 1. The highest BCUT2D eigenvalue weighted by Crippen LogP contribution is 2.44. The monoisotopic (exact) mass is 432 g/mol. The molecule has 1 amide bonds. The molecule has 2 aliphatic heterocycles. The van der Waals surface area contributed by atoms with E-state index < -0.39 is 0 Å². The Morgan fingerprint density at radius 2 is 1.88 bits per heavy atom. The average molecular weight is 432 g/mol. The quantitative estimate of drug-likeness (QED) is 0.679. The zero-order valence-electron chi connectivity index (χ0n) is 17.7. The van der Waals surface area contributed by atoms with Gasteiger partial charge in [0.2, 0.25) is 11.9 Å². The maximum atomic E-state index is 13.5. The fourth-order valence-corrected chi connectivity index (χ4v) is 4.70. The van der Waals surface area contributed by atoms with Crippen molar-refractivity contribution in [3.63, 3.8) is 0 Å². The lowest BCUT2D eigenvalue weighted by molar-refractivity contribution is -0.121. The molecule has 164 valence electrons. The summed E-state index contributed by atoms with van der Waals surface area (Å²) in [7, 11) is 0. The summed E-state index contributed by atoms with van der Waals surface area (Å²) < 4.78 is 20.0. The molecule has 3 aromatic rings. The van der Waals surface area contributed by atoms with E-state index >= 15 is 0 Å². The Kier molecular flexibility index (Phi) is 5.47. The van der Waals surface area contributed by atoms with Gasteiger partial charge < -0.3 is 15.0 Å². The molecular weight excluding hydrogens is 407 g/mol. The van der Waals surface area contributed by atoms with Crippen molar-refractivity contribution >= 4 is 11.9 Å². The number of hydrogen-bond donors (Lipinski definition) is 1. The van der Waals surface area contributed by atoms with Gasteiger partial charge in [-0.15, -0.1) is 0 Å². The van der Waals surface area contributed by atoms with Crippen LogP contribution in [0.4, 0.5) is 10.3 Å². The van der Waals surface area contributed by atoms with Crippen molar-refractivity contribution in [2.45, 2.75) is 37.3 Å². The number of ether oxygens (including phenoxy) is 1. The maximum absolute atomic E-state index is 13.5. The Labute approximate surface area is 186 Å². The molecule has 0 bridgehead atoms. The summed E-state index contributed by atoms with van der Waals surface area (Å²) in [5.74, 6) is 1.10. The van der Waals surface area contributed by atoms with E-state index in [2.05, 4.69) is 20.2 Å². The number of halogens is 1. The number of carbonyl (C=O) groups is 1. The van der Waals surface area contributed by atoms with Crippen LogP contribution >= 0.6 is 0 Å². The minimum Gasteiger partial charge on any atom is -0.487 e. The highest BCUT2D eigenvalue weighted by molar-refractivity contribution is 5.79. The van der Waals surface area contributed by atoms with Crippen molar-refractivity contribution in [1.82, 2.24) is 15.3 Å². The molecule has 6 nitrogen and oxygen atoms in total. The van der Waals surface area contributed by atoms with Crippen molar-refractivity contribution in [3.05, 3.63) is 83.9 Å². The highest BCUT2D eigenvalue weighted by atomic mass is 19.1. The Bertz CT molecular complexity index is 1100. The van der Waals surface area contributed by atoms with E-state index in [4.69, 9.17) is 4.74 Å². The first kappa shape index (κ1) is 20.4. The summed E-state index contributed by atoms with van der Waals surface area (Å²) in [6.07, 6.45) is 5.98. The summed E-state index contributed by atoms with van der Waals surface area (Å²) in [6, 6.07) is 15.7. The Morgan fingerprint density at radius 3 is 2.66 bits per heavy atom. The number of rotatable bonds is 4. The Balaban J connectivity index is 1.31. The minimum atomic E-state index is -0.351. The van der Waals surface area contributed by atoms with Crippen molar-refractivity contribution in [1.29, 1.82) is 0 Å². The van der Waals surface area contributed by atoms with Gasteiger partial charge in [0, 0.05) is 50.3 Å². The number of fused-ring (bicyclic) bond motifs is 1. The summed E-state index contributed by atoms with van der Waals surface area (Å²) in [5, 5.41) is 3.18. The summed E-state index contributed by atoms with van der Waals surface area (Å²) in [6.45, 7) is 1.58. The fourth-order valence-electron chi connectivity index (χ4n) is 4.70. The van der Waals surface area contributed by atoms with Crippen LogP contribution in [0, 0.1) is 5.82 Å². The van der Waals surface area contributed by atoms with Crippen LogP contribution in [-0.2, 0) is 11.2 Å². The van der Waals surface area contributed by atoms with Gasteiger partial charge in [0.25, 0.3) is 0 Å². The van der Waals surface area contributed by atoms with Gasteiger partial charge in [-0.1, -0.05) is 30.3 Å². The summed E-state index contributed by atoms with van der Waals surface area (Å²) >= 11 is 0. The van der Waals surface area contributed by atoms with E-state index in [0.717, 1.165) is 43.2 Å². The van der Waals surface area contributed by atoms with Crippen LogP contribution in [0.15, 0.2) is 67.0 Å². The second-order valence-corrected chi connectivity index (χ2v) is 8.49. The third-order valence-corrected chi connectivity index (χ3v) is 6.30. The highest BCUT2D eigenvalue weighted by Gasteiger charge is 2.44. The maximum Gasteiger partial charge on any atom is 0.225 e. The van der Waals surface area contributed by atoms with Crippen LogP contribution in [-0.4, -0.2) is 34.6 Å². The Morgan fingerprint density at radius 1 is 1.09 bits per heavy atom. The second-order valence-electron chi connectivity index (χ2n) is 8.49. The molecule has 0 saturated carbocycles. The topological polar surface area (TPSA) is 67.4 Å². The molecule has 1 fully saturated rings. The molecule has 0 unspecified atom stereocenters. The largest absolute Gasteiger partial charge is 0.487 e. The number of para-hydroxylation sites is 1. The molecule has 5 rings (SSSR count). The lowest BCUT2D eigenvalue weighted by Gasteiger charge is -2.47. The average Bonchev–Trinajstić information content (AvgIpc) is 2.80. The van der Waals surface area contributed by atoms with Crippen LogP contribution in [0.1, 0.15) is 36.4 Å². The van der Waals surface area contributed by atoms with Crippen LogP contribution in [0.3, 0.4) is 0 Å². The predicted molar refractivity (Wildman–Crippen MR) is 119 cm³/mol. The lowest BCUT2D eigenvalue weighted by atomic mass is 9.80. The summed E-state index contributed by atoms with van der Waals surface area (Å²) in [5.41, 5.74) is 1.30. The lowest BCUT2D eigenvalue weighted by Crippen LogP contribution is -2.52. The molecule has 1 N–H and O–H groups in total. The van der Waals surface area contributed by atoms with Gasteiger partial charge in [0.05, 0.1) is 12.5 Å². The van der Waals surface area contributed by atoms with Crippen LogP contribution < -0.4 is 15.0 Å². The van der Waals surface area contributed by atoms with Crippen molar-refractivity contribution in [2.24, 2.45) is 0 Å². The number of carbonyl (C=O) groups excluding carboxylic acids is 1. The summed E-state index contributed by atoms with van der Waals surface area (Å²) in [4.78, 5) is 23.7. The molecule has 0 aliphatic carbocycles. The van der Waals surface area contributed by atoms with Crippen molar-refractivity contribution < 1.29 is 13.9 Å². The minimum absolute atomic E-state index is 0.123. The molecule has 0 radical (unpaired) electrons. The molecular formula is C25H25FN4O2. The van der Waals surface area contributed by atoms with Gasteiger partial charge in [-0.25, -0.2) is 14.4 Å². The first-order chi connectivity index (χ1) is 15.6. The van der Waals surface area contributed by atoms with Crippen LogP contribution in [0.5, 0.6) is 5.75 Å². The van der Waals surface area contributed by atoms with Crippen molar-refractivity contribution in [2.75, 3.05) is 18.0 Å². The number of nitrogens with zero attached hydrogens (tertiary/aromatic N) is 3. The van der Waals surface area contributed by atoms with E-state index in [1.807, 2.05) is 30.3 Å². The van der Waals surface area contributed by atoms with Crippen LogP contribution in [0.2, 0.25) is 0 Å². The first-order valence-corrected chi connectivity index (χ1v) is 10.9. The van der Waals surface area contributed by atoms with Gasteiger partial charge in [-0.3, -0.25) is 4.79 Å². The molecule has 1 spiro atoms. The number of amides is 1. The molecule has 3 heterocycles. The van der Waals surface area contributed by atoms with E-state index in [1.54, 1.807) is 24.5 Å². The molecule has 32 heavy (non-hydrogen) atoms. The van der Waals surface area contributed by atoms with Gasteiger partial charge in [-0.2, -0.15) is 0 Å². The normalized spacial score (nSPS) is 19.2. The first-order valence-electron chi connectivity index (χ1n) is 10.9. The molecule has 2 aliphatic rings. The van der Waals surface area contributed by atoms with Gasteiger partial charge in [-0.05, 0) is 29.8 Å². The molecule has 2 aromatic carbocycles. The van der Waals surface area contributed by atoms with Gasteiger partial charge in [0.1, 0.15) is 17.2 Å². The van der Waals surface area contributed by atoms with E-state index in [9.17, 15) is 9.18 Å². The van der Waals surface area contributed by atoms with Gasteiger partial charge >= 0.3 is 0 Å². The number of nitrogens with one attached hydrogen (secondary N) is 1. The predicted octanol–water partition coefficient (Wildman–Crippen LogP) is 3.84. The fraction of sp³-hybridized carbons (Fsp3) is 0.320. The zero-order chi connectivity index (χ0) is 22.0. The second kappa shape index (κ2) is 8.57. The van der Waals surface area contributed by atoms with E-state index in [0.29, 0.717) is 12.0 Å². The standard InChI is InChI=1S/C25H25FN4O2/c26-19-6-3-5-18(15-19)16-23(31)29-21-17-25(32-22-8-2-1-7-20(21)22)9-13-30(14-10-25)24-27-11-4-12-28-24/h1-8,11-12,15,21H,9-10,13-14,16-17H2,(H,29,31)/t21-/m1/s1. The molecule has 1 aromatic heterocycles. The van der Waals surface area contributed by atoms with Crippen LogP contribution in [0.25, 0.3) is 0 Å². The van der Waals surface area contributed by atoms with E-state index in [-0.39, 0.29) is 29.8 Å². The van der Waals surface area contributed by atoms with Crippen molar-refractivity contribution in [3.8, 4) is 5.75 Å². The smallest absolute Gasteiger partial charge is 0.225 e. The van der Waals surface area contributed by atoms with E-state index in [1.165, 1.54) is 12.1 Å². The number of hydrogen-bond acceptors (Lipinski definition) is 5. The Hall–Kier alpha value is -3.48. The number of benzene rings is 2. The zero-order valence-corrected chi connectivity index (χ0v) is 17.7. The number of aromatic nitrogens is 2. The SMILES string of the molecule is O=C(Cc1cccc(F)c1)N[C@@H]1CC2(CCN(c3ncccn3)CC2)Oc2ccccc21. The molecule has 7 heteroatoms. The molecule has 1 saturated heterocycles.